The van der Waals surface area contributed by atoms with Gasteiger partial charge in [0.1, 0.15) is 0 Å². The lowest BCUT2D eigenvalue weighted by atomic mass is 10.0. The van der Waals surface area contributed by atoms with Gasteiger partial charge < -0.3 is 18.3 Å². The summed E-state index contributed by atoms with van der Waals surface area (Å²) in [6, 6.07) is 126. The minimum atomic E-state index is 1.19. The maximum atomic E-state index is 2.47. The van der Waals surface area contributed by atoms with Crippen LogP contribution >= 0.6 is 45.3 Å². The fourth-order valence-corrected chi connectivity index (χ4v) is 21.8. The van der Waals surface area contributed by atoms with Crippen molar-refractivity contribution in [3.8, 4) is 45.0 Å². The molecule has 8 heteroatoms. The van der Waals surface area contributed by atoms with Gasteiger partial charge in [0.25, 0.3) is 0 Å². The first kappa shape index (κ1) is 58.3. The van der Waals surface area contributed by atoms with Gasteiger partial charge in [-0.2, -0.15) is 0 Å². The zero-order valence-electron chi connectivity index (χ0n) is 55.8. The average molecular weight is 1390 g/mol. The minimum absolute atomic E-state index is 1.19. The Bertz CT molecular complexity index is 7310. The van der Waals surface area contributed by atoms with Crippen molar-refractivity contribution in [1.29, 1.82) is 0 Å². The molecule has 8 heterocycles. The SMILES string of the molecule is c1ccc2c(c1)sc1c(-n3c4ccccc4c4cc(-c5ccc6c(c5)c5ccccc5n6-c5cccc6c5sc5ccccc56)ccc43)cccc12.c1ccc2c(c1)sc1ccc(-n3c4ccccc4c4cc(-c5ccc6c(c5)c5ccccc5n6-c5ccc6sc7ccccc7c6c5)ccc43)cc12. The average Bonchev–Trinajstić information content (AvgIpc) is 1.58. The lowest BCUT2D eigenvalue weighted by Gasteiger charge is -2.11. The monoisotopic (exact) mass is 1390 g/mol. The van der Waals surface area contributed by atoms with Gasteiger partial charge in [-0.05, 0) is 168 Å². The first-order valence-electron chi connectivity index (χ1n) is 35.4. The molecule has 0 saturated carbocycles. The Morgan fingerprint density at radius 3 is 0.769 bits per heavy atom. The summed E-state index contributed by atoms with van der Waals surface area (Å²) in [5, 5.41) is 20.7. The first-order chi connectivity index (χ1) is 51.6. The van der Waals surface area contributed by atoms with Gasteiger partial charge in [-0.3, -0.25) is 0 Å². The van der Waals surface area contributed by atoms with Crippen molar-refractivity contribution in [3.05, 3.63) is 340 Å². The Kier molecular flexibility index (Phi) is 12.6. The van der Waals surface area contributed by atoms with Crippen LogP contribution in [0.4, 0.5) is 0 Å². The van der Waals surface area contributed by atoms with Gasteiger partial charge in [0.15, 0.2) is 0 Å². The first-order valence-corrected chi connectivity index (χ1v) is 38.6. The molecule has 0 aliphatic rings. The molecule has 0 radical (unpaired) electrons. The van der Waals surface area contributed by atoms with E-state index in [1.54, 1.807) is 0 Å². The molecule has 0 unspecified atom stereocenters. The Balaban J connectivity index is 0.000000127. The second-order valence-electron chi connectivity index (χ2n) is 27.4. The van der Waals surface area contributed by atoms with Crippen LogP contribution in [0.15, 0.2) is 340 Å². The minimum Gasteiger partial charge on any atom is -0.309 e. The quantitative estimate of drug-likeness (QED) is 0.158. The molecule has 4 nitrogen and oxygen atoms in total. The molecule has 0 aliphatic carbocycles. The molecule has 0 atom stereocenters. The van der Waals surface area contributed by atoms with Crippen LogP contribution in [0.5, 0.6) is 0 Å². The second-order valence-corrected chi connectivity index (χ2v) is 31.7. The topological polar surface area (TPSA) is 19.7 Å². The zero-order valence-corrected chi connectivity index (χ0v) is 59.0. The van der Waals surface area contributed by atoms with Crippen LogP contribution in [0, 0.1) is 0 Å². The lowest BCUT2D eigenvalue weighted by Crippen LogP contribution is -1.94. The Labute approximate surface area is 611 Å². The van der Waals surface area contributed by atoms with Crippen LogP contribution in [0.3, 0.4) is 0 Å². The molecule has 484 valence electrons. The molecule has 0 N–H and O–H groups in total. The predicted octanol–water partition coefficient (Wildman–Crippen LogP) is 28.6. The third-order valence-electron chi connectivity index (χ3n) is 21.8. The van der Waals surface area contributed by atoms with E-state index in [1.165, 1.54) is 213 Å². The summed E-state index contributed by atoms with van der Waals surface area (Å²) in [6.07, 6.45) is 0. The molecule has 24 rings (SSSR count). The van der Waals surface area contributed by atoms with E-state index in [2.05, 4.69) is 358 Å². The van der Waals surface area contributed by atoms with Crippen molar-refractivity contribution >= 4 is 213 Å². The molecular formula is C96H56N4S4. The van der Waals surface area contributed by atoms with Crippen molar-refractivity contribution < 1.29 is 0 Å². The lowest BCUT2D eigenvalue weighted by molar-refractivity contribution is 1.19. The van der Waals surface area contributed by atoms with Gasteiger partial charge in [-0.15, -0.1) is 45.3 Å². The molecule has 0 saturated heterocycles. The van der Waals surface area contributed by atoms with Crippen molar-refractivity contribution in [1.82, 2.24) is 18.3 Å². The Morgan fingerprint density at radius 2 is 0.413 bits per heavy atom. The highest BCUT2D eigenvalue weighted by Gasteiger charge is 2.23. The molecule has 24 aromatic rings. The fourth-order valence-electron chi connectivity index (χ4n) is 17.2. The zero-order chi connectivity index (χ0) is 67.8. The van der Waals surface area contributed by atoms with E-state index in [1.807, 2.05) is 45.3 Å². The van der Waals surface area contributed by atoms with Gasteiger partial charge in [0, 0.05) is 126 Å². The molecule has 0 bridgehead atoms. The maximum absolute atomic E-state index is 2.47. The van der Waals surface area contributed by atoms with Gasteiger partial charge in [0.05, 0.1) is 64.9 Å². The van der Waals surface area contributed by atoms with Crippen LogP contribution in [0.2, 0.25) is 0 Å². The third-order valence-corrected chi connectivity index (χ3v) is 26.6. The van der Waals surface area contributed by atoms with E-state index < -0.39 is 0 Å². The fraction of sp³-hybridized carbons (Fsp3) is 0. The normalized spacial score (nSPS) is 12.2. The van der Waals surface area contributed by atoms with Gasteiger partial charge in [-0.25, -0.2) is 0 Å². The predicted molar refractivity (Wildman–Crippen MR) is 453 cm³/mol. The number of nitrogens with zero attached hydrogens (tertiary/aromatic N) is 4. The molecule has 0 fully saturated rings. The number of fused-ring (bicyclic) bond motifs is 24. The van der Waals surface area contributed by atoms with Gasteiger partial charge in [0.2, 0.25) is 0 Å². The van der Waals surface area contributed by atoms with Crippen LogP contribution in [0.1, 0.15) is 0 Å². The van der Waals surface area contributed by atoms with Crippen LogP contribution in [-0.4, -0.2) is 18.3 Å². The smallest absolute Gasteiger partial charge is 0.0640 e. The number of hydrogen-bond donors (Lipinski definition) is 0. The van der Waals surface area contributed by atoms with E-state index in [4.69, 9.17) is 0 Å². The van der Waals surface area contributed by atoms with Crippen molar-refractivity contribution in [3.63, 3.8) is 0 Å². The standard InChI is InChI=1S/2C48H28N2S2/c1-5-17-39-31(11-1)37-27-29(23-25-41(37)49(39)43-19-9-15-35-33-13-3-7-21-45(33)51-47(35)43)30-24-26-42-38(28-30)32-12-2-6-18-40(32)50(42)44-20-10-16-36-34-14-4-8-22-46(34)52-48(36)44;1-5-13-41-33(9-1)37-25-29(17-21-43(37)49(41)31-19-23-47-39(27-31)35-11-3-7-15-45(35)51-47)30-18-22-44-38(26-30)34-10-2-6-14-42(34)50(44)32-20-24-48-40(28-32)36-12-4-8-16-46(36)52-48/h2*1-28H. The van der Waals surface area contributed by atoms with Crippen LogP contribution in [-0.2, 0) is 0 Å². The van der Waals surface area contributed by atoms with Gasteiger partial charge >= 0.3 is 0 Å². The third kappa shape index (κ3) is 8.62. The number of aromatic nitrogens is 4. The van der Waals surface area contributed by atoms with Crippen molar-refractivity contribution in [2.45, 2.75) is 0 Å². The summed E-state index contributed by atoms with van der Waals surface area (Å²) in [5.74, 6) is 0. The number of benzene rings is 16. The van der Waals surface area contributed by atoms with Crippen molar-refractivity contribution in [2.75, 3.05) is 0 Å². The number of hydrogen-bond acceptors (Lipinski definition) is 4. The van der Waals surface area contributed by atoms with Gasteiger partial charge in [-0.1, -0.05) is 194 Å². The highest BCUT2D eigenvalue weighted by atomic mass is 32.1. The molecule has 8 aromatic heterocycles. The Hall–Kier alpha value is -12.4. The number of para-hydroxylation sites is 4. The highest BCUT2D eigenvalue weighted by molar-refractivity contribution is 7.27. The molecule has 16 aromatic carbocycles. The van der Waals surface area contributed by atoms with E-state index in [9.17, 15) is 0 Å². The summed E-state index contributed by atoms with van der Waals surface area (Å²) in [6.45, 7) is 0. The molecular weight excluding hydrogens is 1340 g/mol. The molecule has 0 aliphatic heterocycles. The van der Waals surface area contributed by atoms with E-state index in [0.717, 1.165) is 0 Å². The summed E-state index contributed by atoms with van der Waals surface area (Å²) in [5.41, 5.74) is 19.5. The van der Waals surface area contributed by atoms with Crippen LogP contribution in [0.25, 0.3) is 213 Å². The highest BCUT2D eigenvalue weighted by Crippen LogP contribution is 2.47. The molecule has 0 spiro atoms. The van der Waals surface area contributed by atoms with Crippen molar-refractivity contribution in [2.24, 2.45) is 0 Å². The van der Waals surface area contributed by atoms with E-state index in [0.29, 0.717) is 0 Å². The molecule has 104 heavy (non-hydrogen) atoms. The molecule has 0 amide bonds. The van der Waals surface area contributed by atoms with E-state index >= 15 is 0 Å². The summed E-state index contributed by atoms with van der Waals surface area (Å²) in [4.78, 5) is 0. The second kappa shape index (κ2) is 22.5. The maximum Gasteiger partial charge on any atom is 0.0640 e. The summed E-state index contributed by atoms with van der Waals surface area (Å²) >= 11 is 7.50. The van der Waals surface area contributed by atoms with Crippen LogP contribution < -0.4 is 0 Å². The summed E-state index contributed by atoms with van der Waals surface area (Å²) in [7, 11) is 0. The Morgan fingerprint density at radius 1 is 0.154 bits per heavy atom. The number of thiophene rings is 4. The largest absolute Gasteiger partial charge is 0.309 e. The van der Waals surface area contributed by atoms with E-state index in [-0.39, 0.29) is 0 Å². The summed E-state index contributed by atoms with van der Waals surface area (Å²) < 4.78 is 20.4. The number of rotatable bonds is 6.